The lowest BCUT2D eigenvalue weighted by atomic mass is 10.5. The van der Waals surface area contributed by atoms with E-state index in [1.54, 1.807) is 0 Å². The molecule has 1 aromatic heterocycles. The summed E-state index contributed by atoms with van der Waals surface area (Å²) < 4.78 is 1.83. The third-order valence-corrected chi connectivity index (χ3v) is 2.87. The maximum Gasteiger partial charge on any atom is 0.218 e. The molecule has 2 rings (SSSR count). The maximum atomic E-state index is 10.5. The van der Waals surface area contributed by atoms with Crippen LogP contribution in [0.4, 0.5) is 0 Å². The molecule has 0 unspecified atom stereocenters. The van der Waals surface area contributed by atoms with Gasteiger partial charge in [0.15, 0.2) is 0 Å². The first-order chi connectivity index (χ1) is 6.77. The van der Waals surface area contributed by atoms with Gasteiger partial charge in [0.25, 0.3) is 0 Å². The lowest BCUT2D eigenvalue weighted by molar-refractivity contribution is -0.117. The zero-order chi connectivity index (χ0) is 9.97. The highest BCUT2D eigenvalue weighted by molar-refractivity contribution is 7.99. The van der Waals surface area contributed by atoms with Crippen molar-refractivity contribution in [2.24, 2.45) is 5.73 Å². The second-order valence-corrected chi connectivity index (χ2v) is 4.26. The van der Waals surface area contributed by atoms with Gasteiger partial charge < -0.3 is 5.73 Å². The number of primary amides is 1. The minimum absolute atomic E-state index is 0.289. The van der Waals surface area contributed by atoms with E-state index >= 15 is 0 Å². The number of aromatic nitrogens is 4. The molecular formula is C7H11N5OS. The lowest BCUT2D eigenvalue weighted by Crippen LogP contribution is -2.11. The van der Waals surface area contributed by atoms with Gasteiger partial charge in [0.05, 0.1) is 6.04 Å². The average Bonchev–Trinajstić information content (AvgIpc) is 2.87. The number of rotatable bonds is 5. The van der Waals surface area contributed by atoms with E-state index in [2.05, 4.69) is 15.5 Å². The van der Waals surface area contributed by atoms with Crippen LogP contribution in [0.15, 0.2) is 5.16 Å². The van der Waals surface area contributed by atoms with Crippen LogP contribution < -0.4 is 5.73 Å². The molecular weight excluding hydrogens is 202 g/mol. The van der Waals surface area contributed by atoms with Crippen molar-refractivity contribution in [1.82, 2.24) is 20.2 Å². The highest BCUT2D eigenvalue weighted by Crippen LogP contribution is 2.36. The van der Waals surface area contributed by atoms with Crippen LogP contribution in [0.2, 0.25) is 0 Å². The van der Waals surface area contributed by atoms with E-state index in [0.29, 0.717) is 18.2 Å². The quantitative estimate of drug-likeness (QED) is 0.694. The first-order valence-electron chi connectivity index (χ1n) is 4.46. The van der Waals surface area contributed by atoms with E-state index in [1.165, 1.54) is 11.8 Å². The molecule has 0 aromatic carbocycles. The summed E-state index contributed by atoms with van der Waals surface area (Å²) in [5.74, 6) is 0.352. The number of nitrogens with zero attached hydrogens (tertiary/aromatic N) is 4. The Morgan fingerprint density at radius 3 is 3.07 bits per heavy atom. The minimum Gasteiger partial charge on any atom is -0.370 e. The van der Waals surface area contributed by atoms with Crippen molar-refractivity contribution in [2.75, 3.05) is 5.75 Å². The summed E-state index contributed by atoms with van der Waals surface area (Å²) in [4.78, 5) is 10.5. The monoisotopic (exact) mass is 213 g/mol. The Hall–Kier alpha value is -1.11. The molecule has 0 atom stereocenters. The predicted octanol–water partition coefficient (Wildman–Crippen LogP) is -0.0245. The van der Waals surface area contributed by atoms with Gasteiger partial charge in [-0.15, -0.1) is 5.10 Å². The maximum absolute atomic E-state index is 10.5. The number of hydrogen-bond donors (Lipinski definition) is 1. The molecule has 0 saturated heterocycles. The van der Waals surface area contributed by atoms with E-state index in [4.69, 9.17) is 5.73 Å². The molecule has 14 heavy (non-hydrogen) atoms. The van der Waals surface area contributed by atoms with Crippen molar-refractivity contribution >= 4 is 17.7 Å². The number of nitrogens with two attached hydrogens (primary N) is 1. The van der Waals surface area contributed by atoms with Gasteiger partial charge >= 0.3 is 0 Å². The van der Waals surface area contributed by atoms with Crippen molar-refractivity contribution in [3.63, 3.8) is 0 Å². The first-order valence-corrected chi connectivity index (χ1v) is 5.45. The average molecular weight is 213 g/mol. The van der Waals surface area contributed by atoms with Crippen molar-refractivity contribution in [1.29, 1.82) is 0 Å². The third-order valence-electron chi connectivity index (χ3n) is 1.93. The van der Waals surface area contributed by atoms with Crippen molar-refractivity contribution in [3.05, 3.63) is 0 Å². The zero-order valence-corrected chi connectivity index (χ0v) is 8.40. The minimum atomic E-state index is -0.289. The summed E-state index contributed by atoms with van der Waals surface area (Å²) in [5.41, 5.74) is 5.03. The SMILES string of the molecule is NC(=O)CCSc1nnnn1C1CC1. The smallest absolute Gasteiger partial charge is 0.218 e. The standard InChI is InChI=1S/C7H11N5OS/c8-6(13)3-4-14-7-9-10-11-12(7)5-1-2-5/h5H,1-4H2,(H2,8,13). The van der Waals surface area contributed by atoms with Crippen LogP contribution in [0.5, 0.6) is 0 Å². The molecule has 1 aromatic rings. The molecule has 1 saturated carbocycles. The van der Waals surface area contributed by atoms with Crippen molar-refractivity contribution in [3.8, 4) is 0 Å². The molecule has 76 valence electrons. The van der Waals surface area contributed by atoms with E-state index in [0.717, 1.165) is 18.0 Å². The zero-order valence-electron chi connectivity index (χ0n) is 7.59. The molecule has 0 radical (unpaired) electrons. The topological polar surface area (TPSA) is 86.7 Å². The molecule has 1 fully saturated rings. The molecule has 1 heterocycles. The summed E-state index contributed by atoms with van der Waals surface area (Å²) in [7, 11) is 0. The van der Waals surface area contributed by atoms with Gasteiger partial charge in [-0.05, 0) is 23.3 Å². The second kappa shape index (κ2) is 3.95. The lowest BCUT2D eigenvalue weighted by Gasteiger charge is -2.00. The first kappa shape index (κ1) is 9.45. The molecule has 0 aliphatic heterocycles. The van der Waals surface area contributed by atoms with Gasteiger partial charge in [0.1, 0.15) is 0 Å². The Morgan fingerprint density at radius 2 is 2.43 bits per heavy atom. The number of amides is 1. The number of carbonyl (C=O) groups excluding carboxylic acids is 1. The molecule has 0 spiro atoms. The van der Waals surface area contributed by atoms with Gasteiger partial charge in [0, 0.05) is 12.2 Å². The second-order valence-electron chi connectivity index (χ2n) is 3.20. The third kappa shape index (κ3) is 2.22. The highest BCUT2D eigenvalue weighted by Gasteiger charge is 2.27. The molecule has 7 heteroatoms. The fourth-order valence-corrected chi connectivity index (χ4v) is 1.97. The fraction of sp³-hybridized carbons (Fsp3) is 0.714. The number of carbonyl (C=O) groups is 1. The van der Waals surface area contributed by atoms with E-state index in [1.807, 2.05) is 4.68 Å². The van der Waals surface area contributed by atoms with Gasteiger partial charge in [-0.3, -0.25) is 4.79 Å². The summed E-state index contributed by atoms with van der Waals surface area (Å²) in [5, 5.41) is 12.2. The number of hydrogen-bond acceptors (Lipinski definition) is 5. The molecule has 1 amide bonds. The van der Waals surface area contributed by atoms with Crippen molar-refractivity contribution in [2.45, 2.75) is 30.5 Å². The van der Waals surface area contributed by atoms with Crippen LogP contribution in [0.25, 0.3) is 0 Å². The number of tetrazole rings is 1. The Morgan fingerprint density at radius 1 is 1.64 bits per heavy atom. The molecule has 2 N–H and O–H groups in total. The van der Waals surface area contributed by atoms with E-state index < -0.39 is 0 Å². The highest BCUT2D eigenvalue weighted by atomic mass is 32.2. The van der Waals surface area contributed by atoms with Crippen LogP contribution in [0.1, 0.15) is 25.3 Å². The van der Waals surface area contributed by atoms with Crippen molar-refractivity contribution < 1.29 is 4.79 Å². The molecule has 0 bridgehead atoms. The molecule has 6 nitrogen and oxygen atoms in total. The normalized spacial score (nSPS) is 15.7. The Balaban J connectivity index is 1.88. The Kier molecular flexibility index (Phi) is 2.67. The van der Waals surface area contributed by atoms with Crippen LogP contribution >= 0.6 is 11.8 Å². The summed E-state index contributed by atoms with van der Waals surface area (Å²) in [6.45, 7) is 0. The van der Waals surface area contributed by atoms with E-state index in [9.17, 15) is 4.79 Å². The van der Waals surface area contributed by atoms with Crippen LogP contribution in [0, 0.1) is 0 Å². The predicted molar refractivity (Wildman–Crippen MR) is 50.6 cm³/mol. The van der Waals surface area contributed by atoms with Gasteiger partial charge in [-0.1, -0.05) is 11.8 Å². The molecule has 1 aliphatic rings. The summed E-state index contributed by atoms with van der Waals surface area (Å²) in [6.07, 6.45) is 2.66. The largest absolute Gasteiger partial charge is 0.370 e. The van der Waals surface area contributed by atoms with Gasteiger partial charge in [0.2, 0.25) is 11.1 Å². The van der Waals surface area contributed by atoms with Crippen LogP contribution in [0.3, 0.4) is 0 Å². The summed E-state index contributed by atoms with van der Waals surface area (Å²) in [6, 6.07) is 0.473. The van der Waals surface area contributed by atoms with Gasteiger partial charge in [-0.25, -0.2) is 4.68 Å². The van der Waals surface area contributed by atoms with Crippen LogP contribution in [-0.4, -0.2) is 31.9 Å². The van der Waals surface area contributed by atoms with Gasteiger partial charge in [-0.2, -0.15) is 0 Å². The molecule has 1 aliphatic carbocycles. The Bertz CT molecular complexity index is 335. The number of thioether (sulfide) groups is 1. The van der Waals surface area contributed by atoms with E-state index in [-0.39, 0.29) is 5.91 Å². The fourth-order valence-electron chi connectivity index (χ4n) is 1.07. The Labute approximate surface area is 85.2 Å². The summed E-state index contributed by atoms with van der Waals surface area (Å²) >= 11 is 1.48. The van der Waals surface area contributed by atoms with Crippen LogP contribution in [-0.2, 0) is 4.79 Å².